The molecule has 1 aromatic heterocycles. The van der Waals surface area contributed by atoms with Gasteiger partial charge in [-0.3, -0.25) is 19.9 Å². The van der Waals surface area contributed by atoms with E-state index in [1.54, 1.807) is 26.2 Å². The maximum atomic E-state index is 12.2. The zero-order valence-corrected chi connectivity index (χ0v) is 13.4. The highest BCUT2D eigenvalue weighted by Gasteiger charge is 2.20. The number of anilines is 1. The maximum Gasteiger partial charge on any atom is 0.310 e. The van der Waals surface area contributed by atoms with Gasteiger partial charge in [0.2, 0.25) is 5.91 Å². The molecular weight excluding hydrogens is 318 g/mol. The number of ether oxygens (including phenoxy) is 1. The summed E-state index contributed by atoms with van der Waals surface area (Å²) < 4.78 is 5.08. The Morgan fingerprint density at radius 2 is 2.04 bits per heavy atom. The van der Waals surface area contributed by atoms with Crippen LogP contribution in [-0.4, -0.2) is 28.2 Å². The van der Waals surface area contributed by atoms with Gasteiger partial charge in [0.05, 0.1) is 17.3 Å². The second-order valence-electron chi connectivity index (χ2n) is 4.57. The van der Waals surface area contributed by atoms with Crippen LogP contribution < -0.4 is 10.1 Å². The van der Waals surface area contributed by atoms with Crippen LogP contribution in [0.1, 0.15) is 6.92 Å². The number of methoxy groups -OCH3 is 1. The molecule has 120 valence electrons. The third-order valence-corrected chi connectivity index (χ3v) is 4.11. The summed E-state index contributed by atoms with van der Waals surface area (Å²) in [5.41, 5.74) is -0.0975. The molecule has 1 atom stereocenters. The number of nitrogens with one attached hydrogen (secondary N) is 1. The van der Waals surface area contributed by atoms with E-state index in [2.05, 4.69) is 10.3 Å². The quantitative estimate of drug-likeness (QED) is 0.496. The van der Waals surface area contributed by atoms with Gasteiger partial charge in [-0.2, -0.15) is 0 Å². The Kier molecular flexibility index (Phi) is 5.53. The van der Waals surface area contributed by atoms with Crippen molar-refractivity contribution in [3.8, 4) is 5.75 Å². The summed E-state index contributed by atoms with van der Waals surface area (Å²) in [7, 11) is 1.58. The van der Waals surface area contributed by atoms with Gasteiger partial charge in [0, 0.05) is 11.1 Å². The van der Waals surface area contributed by atoms with Crippen molar-refractivity contribution in [3.05, 3.63) is 52.8 Å². The summed E-state index contributed by atoms with van der Waals surface area (Å²) in [6.07, 6.45) is 2.50. The number of carbonyl (C=O) groups excluding carboxylic acids is 1. The van der Waals surface area contributed by atoms with E-state index in [9.17, 15) is 14.9 Å². The molecule has 1 aromatic carbocycles. The number of nitrogens with zero attached hydrogens (tertiary/aromatic N) is 2. The van der Waals surface area contributed by atoms with Gasteiger partial charge >= 0.3 is 5.69 Å². The minimum atomic E-state index is -0.579. The molecule has 23 heavy (non-hydrogen) atoms. The summed E-state index contributed by atoms with van der Waals surface area (Å²) in [5.74, 6) is 0.416. The minimum Gasteiger partial charge on any atom is -0.497 e. The number of carbonyl (C=O) groups is 1. The number of aromatic nitrogens is 1. The topological polar surface area (TPSA) is 94.4 Å². The molecule has 0 radical (unpaired) electrons. The third-order valence-electron chi connectivity index (χ3n) is 3.00. The van der Waals surface area contributed by atoms with Gasteiger partial charge < -0.3 is 10.1 Å². The zero-order chi connectivity index (χ0) is 16.8. The van der Waals surface area contributed by atoms with Crippen molar-refractivity contribution in [2.24, 2.45) is 0 Å². The molecule has 1 N–H and O–H groups in total. The predicted molar refractivity (Wildman–Crippen MR) is 87.8 cm³/mol. The normalized spacial score (nSPS) is 11.6. The average molecular weight is 333 g/mol. The van der Waals surface area contributed by atoms with E-state index in [-0.39, 0.29) is 17.3 Å². The number of hydrogen-bond donors (Lipinski definition) is 1. The first-order valence-corrected chi connectivity index (χ1v) is 7.59. The SMILES string of the molecule is COc1ccc(SC(C)C(=O)Nc2ccncc2[N+](=O)[O-])cc1. The number of thioether (sulfide) groups is 1. The van der Waals surface area contributed by atoms with E-state index >= 15 is 0 Å². The Hall–Kier alpha value is -2.61. The maximum absolute atomic E-state index is 12.2. The Labute approximate surface area is 137 Å². The molecule has 1 unspecified atom stereocenters. The van der Waals surface area contributed by atoms with Gasteiger partial charge in [-0.1, -0.05) is 0 Å². The van der Waals surface area contributed by atoms with Crippen molar-refractivity contribution < 1.29 is 14.5 Å². The third kappa shape index (κ3) is 4.43. The fourth-order valence-electron chi connectivity index (χ4n) is 1.78. The largest absolute Gasteiger partial charge is 0.497 e. The number of amides is 1. The lowest BCUT2D eigenvalue weighted by molar-refractivity contribution is -0.384. The molecule has 2 rings (SSSR count). The van der Waals surface area contributed by atoms with Crippen molar-refractivity contribution in [2.45, 2.75) is 17.1 Å². The van der Waals surface area contributed by atoms with E-state index in [4.69, 9.17) is 4.74 Å². The summed E-state index contributed by atoms with van der Waals surface area (Å²) in [6, 6.07) is 8.71. The minimum absolute atomic E-state index is 0.136. The van der Waals surface area contributed by atoms with Gasteiger partial charge in [0.25, 0.3) is 0 Å². The highest BCUT2D eigenvalue weighted by atomic mass is 32.2. The number of nitro groups is 1. The number of rotatable bonds is 6. The molecule has 0 spiro atoms. The van der Waals surface area contributed by atoms with Crippen LogP contribution in [0.25, 0.3) is 0 Å². The van der Waals surface area contributed by atoms with E-state index in [0.717, 1.165) is 16.8 Å². The van der Waals surface area contributed by atoms with E-state index in [0.29, 0.717) is 0 Å². The van der Waals surface area contributed by atoms with Crippen molar-refractivity contribution in [3.63, 3.8) is 0 Å². The first kappa shape index (κ1) is 16.8. The molecule has 8 heteroatoms. The van der Waals surface area contributed by atoms with Crippen LogP contribution in [-0.2, 0) is 4.79 Å². The summed E-state index contributed by atoms with van der Waals surface area (Å²) in [5, 5.41) is 13.1. The highest BCUT2D eigenvalue weighted by Crippen LogP contribution is 2.27. The summed E-state index contributed by atoms with van der Waals surface area (Å²) in [4.78, 5) is 27.2. The van der Waals surface area contributed by atoms with Gasteiger partial charge in [-0.25, -0.2) is 0 Å². The van der Waals surface area contributed by atoms with Crippen LogP contribution in [0.5, 0.6) is 5.75 Å². The molecular formula is C15H15N3O4S. The van der Waals surface area contributed by atoms with Gasteiger partial charge in [0.15, 0.2) is 0 Å². The summed E-state index contributed by atoms with van der Waals surface area (Å²) in [6.45, 7) is 1.73. The second kappa shape index (κ2) is 7.59. The van der Waals surface area contributed by atoms with Crippen molar-refractivity contribution in [2.75, 3.05) is 12.4 Å². The molecule has 0 aliphatic rings. The molecule has 1 amide bonds. The monoisotopic (exact) mass is 333 g/mol. The van der Waals surface area contributed by atoms with Crippen molar-refractivity contribution >= 4 is 29.0 Å². The highest BCUT2D eigenvalue weighted by molar-refractivity contribution is 8.00. The van der Waals surface area contributed by atoms with Crippen molar-refractivity contribution in [1.82, 2.24) is 4.98 Å². The number of pyridine rings is 1. The van der Waals surface area contributed by atoms with Crippen LogP contribution in [0.15, 0.2) is 47.6 Å². The van der Waals surface area contributed by atoms with Crippen LogP contribution >= 0.6 is 11.8 Å². The average Bonchev–Trinajstić information content (AvgIpc) is 2.55. The lowest BCUT2D eigenvalue weighted by Gasteiger charge is -2.12. The number of hydrogen-bond acceptors (Lipinski definition) is 6. The Bertz CT molecular complexity index is 706. The first-order chi connectivity index (χ1) is 11.0. The van der Waals surface area contributed by atoms with Crippen molar-refractivity contribution in [1.29, 1.82) is 0 Å². The second-order valence-corrected chi connectivity index (χ2v) is 5.99. The molecule has 0 saturated carbocycles. The van der Waals surface area contributed by atoms with Gasteiger partial charge in [-0.05, 0) is 37.3 Å². The standard InChI is InChI=1S/C15H15N3O4S/c1-10(23-12-5-3-11(22-2)4-6-12)15(19)17-13-7-8-16-9-14(13)18(20)21/h3-10H,1-2H3,(H,16,17,19). The molecule has 2 aromatic rings. The van der Waals surface area contributed by atoms with E-state index < -0.39 is 10.2 Å². The van der Waals surface area contributed by atoms with Crippen LogP contribution in [0, 0.1) is 10.1 Å². The molecule has 0 aliphatic heterocycles. The molecule has 0 saturated heterocycles. The fraction of sp³-hybridized carbons (Fsp3) is 0.200. The van der Waals surface area contributed by atoms with E-state index in [1.165, 1.54) is 24.0 Å². The summed E-state index contributed by atoms with van der Waals surface area (Å²) >= 11 is 1.35. The lowest BCUT2D eigenvalue weighted by Crippen LogP contribution is -2.22. The Morgan fingerprint density at radius 1 is 1.35 bits per heavy atom. The molecule has 0 bridgehead atoms. The zero-order valence-electron chi connectivity index (χ0n) is 12.6. The van der Waals surface area contributed by atoms with Gasteiger partial charge in [-0.15, -0.1) is 11.8 Å². The predicted octanol–water partition coefficient (Wildman–Crippen LogP) is 3.12. The van der Waals surface area contributed by atoms with Crippen LogP contribution in [0.3, 0.4) is 0 Å². The van der Waals surface area contributed by atoms with Gasteiger partial charge in [0.1, 0.15) is 17.6 Å². The molecule has 7 nitrogen and oxygen atoms in total. The Morgan fingerprint density at radius 3 is 2.65 bits per heavy atom. The molecule has 0 fully saturated rings. The van der Waals surface area contributed by atoms with E-state index in [1.807, 2.05) is 12.1 Å². The molecule has 1 heterocycles. The molecule has 0 aliphatic carbocycles. The first-order valence-electron chi connectivity index (χ1n) is 6.71. The van der Waals surface area contributed by atoms with Crippen LogP contribution in [0.4, 0.5) is 11.4 Å². The van der Waals surface area contributed by atoms with Crippen LogP contribution in [0.2, 0.25) is 0 Å². The lowest BCUT2D eigenvalue weighted by atomic mass is 10.3. The Balaban J connectivity index is 2.04. The fourth-order valence-corrected chi connectivity index (χ4v) is 2.65. The number of benzene rings is 1. The smallest absolute Gasteiger partial charge is 0.310 e.